The molecule has 9 aromatic carbocycles. The van der Waals surface area contributed by atoms with Crippen LogP contribution in [0.5, 0.6) is 0 Å². The van der Waals surface area contributed by atoms with E-state index >= 15 is 0 Å². The summed E-state index contributed by atoms with van der Waals surface area (Å²) in [4.78, 5) is 2.42. The molecule has 0 bridgehead atoms. The van der Waals surface area contributed by atoms with Gasteiger partial charge in [-0.1, -0.05) is 152 Å². The molecule has 11 rings (SSSR count). The highest BCUT2D eigenvalue weighted by atomic mass is 32.1. The van der Waals surface area contributed by atoms with Crippen LogP contribution in [0.1, 0.15) is 0 Å². The minimum absolute atomic E-state index is 1.11. The Balaban J connectivity index is 1.05. The zero-order valence-electron chi connectivity index (χ0n) is 29.8. The molecule has 0 N–H and O–H groups in total. The molecule has 2 heterocycles. The number of hydrogen-bond acceptors (Lipinski definition) is 3. The van der Waals surface area contributed by atoms with Crippen LogP contribution in [0.3, 0.4) is 0 Å². The van der Waals surface area contributed by atoms with E-state index in [0.29, 0.717) is 0 Å². The van der Waals surface area contributed by atoms with E-state index in [0.717, 1.165) is 17.1 Å². The maximum absolute atomic E-state index is 2.42. The first-order valence-corrected chi connectivity index (χ1v) is 20.3. The van der Waals surface area contributed by atoms with Gasteiger partial charge in [-0.2, -0.15) is 0 Å². The Morgan fingerprint density at radius 3 is 1.60 bits per heavy atom. The molecule has 55 heavy (non-hydrogen) atoms. The molecule has 0 unspecified atom stereocenters. The first-order valence-electron chi connectivity index (χ1n) is 18.7. The van der Waals surface area contributed by atoms with Gasteiger partial charge in [-0.15, -0.1) is 22.7 Å². The molecule has 0 saturated carbocycles. The van der Waals surface area contributed by atoms with E-state index in [9.17, 15) is 0 Å². The summed E-state index contributed by atoms with van der Waals surface area (Å²) >= 11 is 3.75. The average molecular weight is 736 g/mol. The summed E-state index contributed by atoms with van der Waals surface area (Å²) in [5.41, 5.74) is 10.7. The molecule has 0 fully saturated rings. The molecule has 0 aliphatic heterocycles. The van der Waals surface area contributed by atoms with Crippen molar-refractivity contribution in [1.29, 1.82) is 0 Å². The molecule has 0 aliphatic carbocycles. The standard InChI is InChI=1S/C52H33NS2/c1-2-13-40-34(11-1)12-9-17-41(40)35-23-28-38(29-24-35)53(39-30-25-36(26-31-39)43-18-10-19-47-45-16-5-8-22-50(45)55-52(43)47)48-20-6-3-14-42(48)37-27-32-46-44-15-4-7-21-49(44)54-51(46)33-37/h1-33H. The fraction of sp³-hybridized carbons (Fsp3) is 0. The monoisotopic (exact) mass is 735 g/mol. The van der Waals surface area contributed by atoms with Gasteiger partial charge in [0, 0.05) is 57.3 Å². The highest BCUT2D eigenvalue weighted by Crippen LogP contribution is 2.45. The highest BCUT2D eigenvalue weighted by molar-refractivity contribution is 7.26. The van der Waals surface area contributed by atoms with E-state index in [-0.39, 0.29) is 0 Å². The molecule has 3 heteroatoms. The van der Waals surface area contributed by atoms with Gasteiger partial charge in [0.25, 0.3) is 0 Å². The van der Waals surface area contributed by atoms with Crippen LogP contribution in [-0.4, -0.2) is 0 Å². The normalized spacial score (nSPS) is 11.6. The Morgan fingerprint density at radius 2 is 0.818 bits per heavy atom. The van der Waals surface area contributed by atoms with Gasteiger partial charge in [-0.25, -0.2) is 0 Å². The van der Waals surface area contributed by atoms with E-state index in [1.807, 2.05) is 22.7 Å². The second-order valence-electron chi connectivity index (χ2n) is 14.1. The molecule has 258 valence electrons. The van der Waals surface area contributed by atoms with Gasteiger partial charge < -0.3 is 4.90 Å². The van der Waals surface area contributed by atoms with Crippen LogP contribution in [0.15, 0.2) is 200 Å². The molecule has 1 nitrogen and oxygen atoms in total. The van der Waals surface area contributed by atoms with Crippen molar-refractivity contribution in [2.45, 2.75) is 0 Å². The molecule has 0 aliphatic rings. The number of hydrogen-bond donors (Lipinski definition) is 0. The Labute approximate surface area is 327 Å². The summed E-state index contributed by atoms with van der Waals surface area (Å²) in [6.07, 6.45) is 0. The molecule has 0 saturated heterocycles. The SMILES string of the molecule is c1ccc(N(c2ccc(-c3cccc4ccccc34)cc2)c2ccc(-c3cccc4c3sc3ccccc34)cc2)c(-c2ccc3c(c2)sc2ccccc23)c1. The number of nitrogens with zero attached hydrogens (tertiary/aromatic N) is 1. The van der Waals surface area contributed by atoms with Crippen molar-refractivity contribution in [3.05, 3.63) is 200 Å². The average Bonchev–Trinajstić information content (AvgIpc) is 3.83. The summed E-state index contributed by atoms with van der Waals surface area (Å²) in [7, 11) is 0. The van der Waals surface area contributed by atoms with Gasteiger partial charge in [-0.05, 0) is 87.1 Å². The van der Waals surface area contributed by atoms with Gasteiger partial charge in [0.2, 0.25) is 0 Å². The number of anilines is 3. The van der Waals surface area contributed by atoms with Crippen molar-refractivity contribution in [1.82, 2.24) is 0 Å². The second kappa shape index (κ2) is 13.1. The molecule has 0 atom stereocenters. The number of benzene rings is 9. The Kier molecular flexibility index (Phi) is 7.61. The van der Waals surface area contributed by atoms with Crippen LogP contribution in [0.4, 0.5) is 17.1 Å². The number of fused-ring (bicyclic) bond motifs is 7. The molecule has 0 spiro atoms. The lowest BCUT2D eigenvalue weighted by atomic mass is 9.97. The lowest BCUT2D eigenvalue weighted by molar-refractivity contribution is 1.28. The lowest BCUT2D eigenvalue weighted by Crippen LogP contribution is -2.11. The van der Waals surface area contributed by atoms with Crippen molar-refractivity contribution < 1.29 is 0 Å². The van der Waals surface area contributed by atoms with Crippen LogP contribution in [0, 0.1) is 0 Å². The Hall–Kier alpha value is -6.52. The van der Waals surface area contributed by atoms with Gasteiger partial charge in [0.1, 0.15) is 0 Å². The summed E-state index contributed by atoms with van der Waals surface area (Å²) in [6.45, 7) is 0. The minimum atomic E-state index is 1.11. The Bertz CT molecular complexity index is 3200. The van der Waals surface area contributed by atoms with Crippen molar-refractivity contribution in [3.8, 4) is 33.4 Å². The van der Waals surface area contributed by atoms with Crippen molar-refractivity contribution in [3.63, 3.8) is 0 Å². The predicted octanol–water partition coefficient (Wildman–Crippen LogP) is 16.0. The van der Waals surface area contributed by atoms with Gasteiger partial charge in [0.15, 0.2) is 0 Å². The number of thiophene rings is 2. The van der Waals surface area contributed by atoms with Gasteiger partial charge >= 0.3 is 0 Å². The van der Waals surface area contributed by atoms with E-state index in [2.05, 4.69) is 205 Å². The van der Waals surface area contributed by atoms with E-state index < -0.39 is 0 Å². The maximum Gasteiger partial charge on any atom is 0.0540 e. The zero-order valence-corrected chi connectivity index (χ0v) is 31.4. The van der Waals surface area contributed by atoms with Crippen molar-refractivity contribution >= 4 is 90.9 Å². The second-order valence-corrected chi connectivity index (χ2v) is 16.2. The van der Waals surface area contributed by atoms with Crippen LogP contribution < -0.4 is 4.90 Å². The fourth-order valence-electron chi connectivity index (χ4n) is 8.27. The first-order chi connectivity index (χ1) is 27.3. The Morgan fingerprint density at radius 1 is 0.309 bits per heavy atom. The molecule has 2 aromatic heterocycles. The maximum atomic E-state index is 2.42. The smallest absolute Gasteiger partial charge is 0.0540 e. The zero-order chi connectivity index (χ0) is 36.3. The quantitative estimate of drug-likeness (QED) is 0.164. The summed E-state index contributed by atoms with van der Waals surface area (Å²) in [6, 6.07) is 73.4. The summed E-state index contributed by atoms with van der Waals surface area (Å²) < 4.78 is 5.28. The van der Waals surface area contributed by atoms with Crippen LogP contribution in [-0.2, 0) is 0 Å². The minimum Gasteiger partial charge on any atom is -0.310 e. The van der Waals surface area contributed by atoms with Gasteiger partial charge in [-0.3, -0.25) is 0 Å². The van der Waals surface area contributed by atoms with Crippen LogP contribution >= 0.6 is 22.7 Å². The molecular weight excluding hydrogens is 703 g/mol. The molecule has 0 amide bonds. The summed E-state index contributed by atoms with van der Waals surface area (Å²) in [5, 5.41) is 7.79. The van der Waals surface area contributed by atoms with E-state index in [1.54, 1.807) is 0 Å². The lowest BCUT2D eigenvalue weighted by Gasteiger charge is -2.28. The van der Waals surface area contributed by atoms with Crippen molar-refractivity contribution in [2.24, 2.45) is 0 Å². The van der Waals surface area contributed by atoms with Crippen LogP contribution in [0.25, 0.3) is 84.5 Å². The third kappa shape index (κ3) is 5.43. The molecule has 0 radical (unpaired) electrons. The third-order valence-electron chi connectivity index (χ3n) is 10.9. The fourth-order valence-corrected chi connectivity index (χ4v) is 10.6. The van der Waals surface area contributed by atoms with Gasteiger partial charge in [0.05, 0.1) is 5.69 Å². The number of rotatable bonds is 6. The molecule has 11 aromatic rings. The van der Waals surface area contributed by atoms with E-state index in [1.165, 1.54) is 84.5 Å². The van der Waals surface area contributed by atoms with E-state index in [4.69, 9.17) is 0 Å². The topological polar surface area (TPSA) is 3.24 Å². The third-order valence-corrected chi connectivity index (χ3v) is 13.3. The summed E-state index contributed by atoms with van der Waals surface area (Å²) in [5.74, 6) is 0. The predicted molar refractivity (Wildman–Crippen MR) is 241 cm³/mol. The number of para-hydroxylation sites is 1. The highest BCUT2D eigenvalue weighted by Gasteiger charge is 2.19. The van der Waals surface area contributed by atoms with Crippen molar-refractivity contribution in [2.75, 3.05) is 4.90 Å². The van der Waals surface area contributed by atoms with Crippen LogP contribution in [0.2, 0.25) is 0 Å². The molecular formula is C52H33NS2. The first kappa shape index (κ1) is 32.0. The largest absolute Gasteiger partial charge is 0.310 e.